The molecule has 68 heavy (non-hydrogen) atoms. The van der Waals surface area contributed by atoms with Crippen molar-refractivity contribution in [3.8, 4) is 0 Å². The summed E-state index contributed by atoms with van der Waals surface area (Å²) in [6, 6.07) is -0.853. The first-order valence-corrected chi connectivity index (χ1v) is 30.3. The number of nitrogens with one attached hydrogen (secondary N) is 1. The van der Waals surface area contributed by atoms with Crippen molar-refractivity contribution in [3.05, 3.63) is 0 Å². The van der Waals surface area contributed by atoms with Crippen molar-refractivity contribution in [2.45, 2.75) is 333 Å². The van der Waals surface area contributed by atoms with E-state index in [-0.39, 0.29) is 12.5 Å². The van der Waals surface area contributed by atoms with Gasteiger partial charge in [-0.05, 0) is 12.8 Å². The molecule has 0 aromatic rings. The first kappa shape index (κ1) is 65.1. The minimum Gasteiger partial charge on any atom is -0.394 e. The van der Waals surface area contributed by atoms with Gasteiger partial charge in [-0.25, -0.2) is 4.18 Å². The van der Waals surface area contributed by atoms with Crippen molar-refractivity contribution >= 4 is 16.3 Å². The molecule has 0 spiro atoms. The molecule has 6 N–H and O–H groups in total. The fourth-order valence-corrected chi connectivity index (χ4v) is 10.2. The van der Waals surface area contributed by atoms with Gasteiger partial charge in [0.25, 0.3) is 0 Å². The van der Waals surface area contributed by atoms with Crippen LogP contribution in [0.2, 0.25) is 0 Å². The average Bonchev–Trinajstić information content (AvgIpc) is 3.31. The van der Waals surface area contributed by atoms with Crippen LogP contribution >= 0.6 is 0 Å². The Hall–Kier alpha value is -0.900. The van der Waals surface area contributed by atoms with Gasteiger partial charge in [-0.2, -0.15) is 8.42 Å². The molecule has 1 rings (SSSR count). The molecular formula is C55H109NO11S. The summed E-state index contributed by atoms with van der Waals surface area (Å²) in [6.07, 6.45) is 43.9. The molecule has 0 saturated carbocycles. The quantitative estimate of drug-likeness (QED) is 0.0251. The molecule has 0 aromatic heterocycles. The lowest BCUT2D eigenvalue weighted by atomic mass is 9.99. The summed E-state index contributed by atoms with van der Waals surface area (Å²) >= 11 is 0. The lowest BCUT2D eigenvalue weighted by Gasteiger charge is -2.41. The molecule has 406 valence electrons. The van der Waals surface area contributed by atoms with Crippen molar-refractivity contribution in [1.29, 1.82) is 0 Å². The van der Waals surface area contributed by atoms with E-state index in [2.05, 4.69) is 23.3 Å². The highest BCUT2D eigenvalue weighted by Gasteiger charge is 2.48. The lowest BCUT2D eigenvalue weighted by molar-refractivity contribution is -0.298. The number of aliphatic hydroxyl groups is 4. The third-order valence-corrected chi connectivity index (χ3v) is 14.6. The smallest absolute Gasteiger partial charge is 0.394 e. The molecule has 1 aliphatic rings. The Balaban J connectivity index is 2.34. The number of unbranched alkanes of at least 4 members (excludes halogenated alkanes) is 39. The summed E-state index contributed by atoms with van der Waals surface area (Å²) in [7, 11) is -5.08. The summed E-state index contributed by atoms with van der Waals surface area (Å²) in [5, 5.41) is 45.1. The van der Waals surface area contributed by atoms with Crippen LogP contribution in [0, 0.1) is 0 Å². The van der Waals surface area contributed by atoms with Crippen LogP contribution in [0.1, 0.15) is 290 Å². The zero-order valence-electron chi connectivity index (χ0n) is 44.0. The molecule has 1 amide bonds. The van der Waals surface area contributed by atoms with Crippen LogP contribution in [0.4, 0.5) is 0 Å². The molecule has 12 nitrogen and oxygen atoms in total. The molecular weight excluding hydrogens is 883 g/mol. The molecule has 0 radical (unpaired) electrons. The van der Waals surface area contributed by atoms with Crippen LogP contribution in [0.3, 0.4) is 0 Å². The van der Waals surface area contributed by atoms with E-state index in [1.165, 1.54) is 212 Å². The fourth-order valence-electron chi connectivity index (χ4n) is 9.70. The zero-order valence-corrected chi connectivity index (χ0v) is 44.8. The van der Waals surface area contributed by atoms with Crippen molar-refractivity contribution in [2.24, 2.45) is 0 Å². The van der Waals surface area contributed by atoms with Crippen LogP contribution in [0.25, 0.3) is 0 Å². The Morgan fingerprint density at radius 3 is 1.18 bits per heavy atom. The molecule has 13 heteroatoms. The predicted molar refractivity (Wildman–Crippen MR) is 278 cm³/mol. The van der Waals surface area contributed by atoms with E-state index >= 15 is 0 Å². The molecule has 1 saturated heterocycles. The highest BCUT2D eigenvalue weighted by Crippen LogP contribution is 2.26. The summed E-state index contributed by atoms with van der Waals surface area (Å²) in [4.78, 5) is 13.1. The number of hydrogen-bond acceptors (Lipinski definition) is 10. The monoisotopic (exact) mass is 992 g/mol. The maximum Gasteiger partial charge on any atom is 0.397 e. The van der Waals surface area contributed by atoms with Gasteiger partial charge in [0.2, 0.25) is 5.91 Å². The topological polar surface area (TPSA) is 192 Å². The second-order valence-electron chi connectivity index (χ2n) is 20.6. The number of hydrogen-bond donors (Lipinski definition) is 6. The van der Waals surface area contributed by atoms with E-state index in [4.69, 9.17) is 9.47 Å². The van der Waals surface area contributed by atoms with E-state index in [1.54, 1.807) is 0 Å². The van der Waals surface area contributed by atoms with Gasteiger partial charge in [0.1, 0.15) is 24.4 Å². The minimum atomic E-state index is -5.08. The molecule has 1 aliphatic heterocycles. The van der Waals surface area contributed by atoms with Crippen molar-refractivity contribution in [2.75, 3.05) is 13.2 Å². The second kappa shape index (κ2) is 45.9. The average molecular weight is 993 g/mol. The van der Waals surface area contributed by atoms with E-state index < -0.39 is 59.9 Å². The van der Waals surface area contributed by atoms with Crippen LogP contribution < -0.4 is 5.32 Å². The number of rotatable bonds is 51. The molecule has 1 heterocycles. The maximum atomic E-state index is 13.1. The van der Waals surface area contributed by atoms with Gasteiger partial charge in [-0.15, -0.1) is 0 Å². The van der Waals surface area contributed by atoms with Crippen LogP contribution in [0.15, 0.2) is 0 Å². The zero-order chi connectivity index (χ0) is 49.8. The second-order valence-corrected chi connectivity index (χ2v) is 21.6. The Morgan fingerprint density at radius 2 is 0.853 bits per heavy atom. The maximum absolute atomic E-state index is 13.1. The molecule has 1 fully saturated rings. The van der Waals surface area contributed by atoms with Gasteiger partial charge in [0.05, 0.1) is 25.4 Å². The largest absolute Gasteiger partial charge is 0.397 e. The van der Waals surface area contributed by atoms with E-state index in [1.807, 2.05) is 0 Å². The third-order valence-electron chi connectivity index (χ3n) is 14.2. The Bertz CT molecular complexity index is 1210. The van der Waals surface area contributed by atoms with E-state index in [0.29, 0.717) is 12.8 Å². The highest BCUT2D eigenvalue weighted by atomic mass is 32.3. The molecule has 7 atom stereocenters. The summed E-state index contributed by atoms with van der Waals surface area (Å²) < 4.78 is 47.9. The first-order chi connectivity index (χ1) is 33.0. The number of carbonyl (C=O) groups is 1. The Labute approximate surface area is 418 Å². The number of amides is 1. The van der Waals surface area contributed by atoms with Crippen LogP contribution in [-0.4, -0.2) is 95.4 Å². The fraction of sp³-hybridized carbons (Fsp3) is 0.982. The summed E-state index contributed by atoms with van der Waals surface area (Å²) in [5.41, 5.74) is 0. The summed E-state index contributed by atoms with van der Waals surface area (Å²) in [6.45, 7) is 3.50. The first-order valence-electron chi connectivity index (χ1n) is 28.9. The van der Waals surface area contributed by atoms with Gasteiger partial charge in [-0.1, -0.05) is 271 Å². The molecule has 0 aliphatic carbocycles. The summed E-state index contributed by atoms with van der Waals surface area (Å²) in [5.74, 6) is -0.222. The van der Waals surface area contributed by atoms with Gasteiger partial charge in [0.15, 0.2) is 6.29 Å². The Morgan fingerprint density at radius 1 is 0.529 bits per heavy atom. The SMILES string of the molecule is CCCCCCCCCCCCCCCCCCCCCCCCC(=O)NC(COC1OC(CO)C(O)C(OS(=O)(=O)O)C1O)C(O)CCCCCCCCCCCCCCCCCCCCC. The predicted octanol–water partition coefficient (Wildman–Crippen LogP) is 13.3. The lowest BCUT2D eigenvalue weighted by Crippen LogP contribution is -2.61. The Kier molecular flexibility index (Phi) is 44.0. The molecule has 0 aromatic carbocycles. The number of carbonyl (C=O) groups excluding carboxylic acids is 1. The highest BCUT2D eigenvalue weighted by molar-refractivity contribution is 7.80. The van der Waals surface area contributed by atoms with Crippen LogP contribution in [0.5, 0.6) is 0 Å². The van der Waals surface area contributed by atoms with Crippen molar-refractivity contribution in [1.82, 2.24) is 5.32 Å². The van der Waals surface area contributed by atoms with Crippen molar-refractivity contribution < 1.29 is 51.8 Å². The number of aliphatic hydroxyl groups excluding tert-OH is 4. The molecule has 0 bridgehead atoms. The van der Waals surface area contributed by atoms with Crippen molar-refractivity contribution in [3.63, 3.8) is 0 Å². The van der Waals surface area contributed by atoms with Gasteiger partial charge in [0, 0.05) is 6.42 Å². The van der Waals surface area contributed by atoms with Gasteiger partial charge in [-0.3, -0.25) is 9.35 Å². The van der Waals surface area contributed by atoms with E-state index in [0.717, 1.165) is 51.4 Å². The van der Waals surface area contributed by atoms with Gasteiger partial charge >= 0.3 is 10.4 Å². The molecule has 7 unspecified atom stereocenters. The van der Waals surface area contributed by atoms with Gasteiger partial charge < -0.3 is 35.2 Å². The normalized spacial score (nSPS) is 19.7. The third kappa shape index (κ3) is 37.8. The van der Waals surface area contributed by atoms with Crippen LogP contribution in [-0.2, 0) is 28.9 Å². The standard InChI is InChI=1S/C55H109NO11S/c1-3-5-7-9-11-13-15-17-19-21-23-24-25-27-29-31-33-35-37-39-41-43-45-51(59)56-48(47-65-55-53(61)54(67-68(62,63)64)52(60)50(46-57)66-55)49(58)44-42-40-38-36-34-32-30-28-26-22-20-18-16-14-12-10-8-6-4-2/h48-50,52-55,57-58,60-61H,3-47H2,1-2H3,(H,56,59)(H,62,63,64). The number of ether oxygens (including phenoxy) is 2. The minimum absolute atomic E-state index is 0.222. The van der Waals surface area contributed by atoms with E-state index in [9.17, 15) is 38.2 Å².